The second-order valence-corrected chi connectivity index (χ2v) is 6.15. The van der Waals surface area contributed by atoms with E-state index < -0.39 is 0 Å². The summed E-state index contributed by atoms with van der Waals surface area (Å²) in [7, 11) is 0. The average molecular weight is 277 g/mol. The van der Waals surface area contributed by atoms with Gasteiger partial charge in [-0.05, 0) is 57.4 Å². The zero-order valence-electron chi connectivity index (χ0n) is 12.2. The van der Waals surface area contributed by atoms with Gasteiger partial charge < -0.3 is 10.6 Å². The molecule has 2 N–H and O–H groups in total. The van der Waals surface area contributed by atoms with Crippen molar-refractivity contribution in [1.82, 2.24) is 4.90 Å². The Hall–Kier alpha value is -1.29. The van der Waals surface area contributed by atoms with E-state index in [4.69, 9.17) is 5.73 Å². The van der Waals surface area contributed by atoms with Crippen molar-refractivity contribution in [3.05, 3.63) is 24.0 Å². The van der Waals surface area contributed by atoms with Crippen molar-refractivity contribution >= 4 is 11.4 Å². The van der Waals surface area contributed by atoms with Crippen molar-refractivity contribution in [1.29, 1.82) is 0 Å². The summed E-state index contributed by atoms with van der Waals surface area (Å²) in [6.07, 6.45) is 5.03. The van der Waals surface area contributed by atoms with Crippen LogP contribution in [-0.2, 0) is 0 Å². The molecule has 0 bridgehead atoms. The number of benzene rings is 1. The number of likely N-dealkylation sites (tertiary alicyclic amines) is 1. The minimum atomic E-state index is -0.308. The first-order valence-electron chi connectivity index (χ1n) is 7.71. The molecule has 1 aromatic rings. The van der Waals surface area contributed by atoms with E-state index in [0.717, 1.165) is 24.8 Å². The van der Waals surface area contributed by atoms with Crippen LogP contribution in [0.4, 0.5) is 15.8 Å². The maximum atomic E-state index is 13.5. The molecule has 1 aromatic carbocycles. The highest BCUT2D eigenvalue weighted by Crippen LogP contribution is 2.28. The third-order valence-corrected chi connectivity index (χ3v) is 4.89. The van der Waals surface area contributed by atoms with E-state index in [-0.39, 0.29) is 11.5 Å². The number of rotatable bonds is 2. The smallest absolute Gasteiger partial charge is 0.148 e. The third-order valence-electron chi connectivity index (χ3n) is 4.89. The molecule has 0 radical (unpaired) electrons. The molecule has 110 valence electrons. The zero-order valence-corrected chi connectivity index (χ0v) is 12.2. The highest BCUT2D eigenvalue weighted by Gasteiger charge is 2.30. The van der Waals surface area contributed by atoms with E-state index in [2.05, 4.69) is 16.7 Å². The maximum absolute atomic E-state index is 13.5. The number of nitrogens with two attached hydrogens (primary N) is 1. The lowest BCUT2D eigenvalue weighted by molar-refractivity contribution is 0.163. The van der Waals surface area contributed by atoms with Gasteiger partial charge in [-0.25, -0.2) is 4.39 Å². The third kappa shape index (κ3) is 2.62. The molecule has 1 unspecified atom stereocenters. The molecule has 1 atom stereocenters. The van der Waals surface area contributed by atoms with Gasteiger partial charge in [-0.2, -0.15) is 0 Å². The lowest BCUT2D eigenvalue weighted by Crippen LogP contribution is -2.46. The molecule has 2 saturated heterocycles. The van der Waals surface area contributed by atoms with Gasteiger partial charge in [0, 0.05) is 30.9 Å². The van der Waals surface area contributed by atoms with Crippen LogP contribution in [0.25, 0.3) is 0 Å². The van der Waals surface area contributed by atoms with Crippen molar-refractivity contribution in [2.45, 2.75) is 44.7 Å². The summed E-state index contributed by atoms with van der Waals surface area (Å²) in [6, 6.07) is 6.60. The second kappa shape index (κ2) is 5.60. The monoisotopic (exact) mass is 277 g/mol. The summed E-state index contributed by atoms with van der Waals surface area (Å²) in [5, 5.41) is 0. The molecule has 3 rings (SSSR count). The van der Waals surface area contributed by atoms with Gasteiger partial charge in [-0.3, -0.25) is 4.90 Å². The Morgan fingerprint density at radius 1 is 1.15 bits per heavy atom. The standard InChI is InChI=1S/C16H24FN3/c1-12-3-2-8-20(12)13-6-9-19(10-7-13)14-4-5-16(18)15(17)11-14/h4-5,11-13H,2-3,6-10,18H2,1H3. The summed E-state index contributed by atoms with van der Waals surface area (Å²) in [4.78, 5) is 4.95. The van der Waals surface area contributed by atoms with E-state index in [1.54, 1.807) is 12.1 Å². The normalized spacial score (nSPS) is 25.3. The van der Waals surface area contributed by atoms with Crippen LogP contribution in [0.5, 0.6) is 0 Å². The molecular weight excluding hydrogens is 253 g/mol. The Labute approximate surface area is 120 Å². The average Bonchev–Trinajstić information content (AvgIpc) is 2.88. The summed E-state index contributed by atoms with van der Waals surface area (Å²) in [6.45, 7) is 5.62. The van der Waals surface area contributed by atoms with Gasteiger partial charge in [0.05, 0.1) is 5.69 Å². The van der Waals surface area contributed by atoms with Crippen LogP contribution in [0.3, 0.4) is 0 Å². The first-order valence-corrected chi connectivity index (χ1v) is 7.71. The molecule has 0 aromatic heterocycles. The molecule has 2 heterocycles. The van der Waals surface area contributed by atoms with Crippen LogP contribution in [0.15, 0.2) is 18.2 Å². The molecule has 2 fully saturated rings. The van der Waals surface area contributed by atoms with Gasteiger partial charge >= 0.3 is 0 Å². The second-order valence-electron chi connectivity index (χ2n) is 6.15. The van der Waals surface area contributed by atoms with E-state index in [9.17, 15) is 4.39 Å². The Bertz CT molecular complexity index is 469. The van der Waals surface area contributed by atoms with Gasteiger partial charge in [0.15, 0.2) is 0 Å². The number of halogens is 1. The molecule has 2 aliphatic rings. The number of hydrogen-bond acceptors (Lipinski definition) is 3. The van der Waals surface area contributed by atoms with Crippen molar-refractivity contribution < 1.29 is 4.39 Å². The number of nitrogens with zero attached hydrogens (tertiary/aromatic N) is 2. The number of anilines is 2. The largest absolute Gasteiger partial charge is 0.396 e. The highest BCUT2D eigenvalue weighted by molar-refractivity contribution is 5.54. The molecular formula is C16H24FN3. The summed E-state index contributed by atoms with van der Waals surface area (Å²) in [5.74, 6) is -0.308. The SMILES string of the molecule is CC1CCCN1C1CCN(c2ccc(N)c(F)c2)CC1. The fraction of sp³-hybridized carbons (Fsp3) is 0.625. The number of piperidine rings is 1. The van der Waals surface area contributed by atoms with E-state index in [0.29, 0.717) is 6.04 Å². The van der Waals surface area contributed by atoms with E-state index in [1.165, 1.54) is 32.2 Å². The van der Waals surface area contributed by atoms with Crippen LogP contribution in [0.2, 0.25) is 0 Å². The van der Waals surface area contributed by atoms with Crippen molar-refractivity contribution in [2.24, 2.45) is 0 Å². The fourth-order valence-corrected chi connectivity index (χ4v) is 3.67. The summed E-state index contributed by atoms with van der Waals surface area (Å²) >= 11 is 0. The Kier molecular flexibility index (Phi) is 3.83. The van der Waals surface area contributed by atoms with Crippen molar-refractivity contribution in [3.8, 4) is 0 Å². The zero-order chi connectivity index (χ0) is 14.1. The first-order chi connectivity index (χ1) is 9.65. The minimum absolute atomic E-state index is 0.231. The molecule has 4 heteroatoms. The highest BCUT2D eigenvalue weighted by atomic mass is 19.1. The fourth-order valence-electron chi connectivity index (χ4n) is 3.67. The molecule has 0 spiro atoms. The van der Waals surface area contributed by atoms with Gasteiger partial charge in [0.25, 0.3) is 0 Å². The van der Waals surface area contributed by atoms with Crippen LogP contribution in [0.1, 0.15) is 32.6 Å². The van der Waals surface area contributed by atoms with E-state index >= 15 is 0 Å². The van der Waals surface area contributed by atoms with Crippen molar-refractivity contribution in [2.75, 3.05) is 30.3 Å². The molecule has 2 aliphatic heterocycles. The van der Waals surface area contributed by atoms with Crippen LogP contribution < -0.4 is 10.6 Å². The predicted octanol–water partition coefficient (Wildman–Crippen LogP) is 2.86. The topological polar surface area (TPSA) is 32.5 Å². The van der Waals surface area contributed by atoms with Gasteiger partial charge in [-0.1, -0.05) is 0 Å². The first kappa shape index (κ1) is 13.7. The number of nitrogen functional groups attached to an aromatic ring is 1. The van der Waals surface area contributed by atoms with Crippen LogP contribution in [0, 0.1) is 5.82 Å². The molecule has 0 saturated carbocycles. The van der Waals surface area contributed by atoms with Crippen molar-refractivity contribution in [3.63, 3.8) is 0 Å². The summed E-state index contributed by atoms with van der Waals surface area (Å²) < 4.78 is 13.5. The minimum Gasteiger partial charge on any atom is -0.396 e. The quantitative estimate of drug-likeness (QED) is 0.844. The molecule has 3 nitrogen and oxygen atoms in total. The Morgan fingerprint density at radius 2 is 1.90 bits per heavy atom. The Morgan fingerprint density at radius 3 is 2.50 bits per heavy atom. The molecule has 0 aliphatic carbocycles. The molecule has 20 heavy (non-hydrogen) atoms. The predicted molar refractivity (Wildman–Crippen MR) is 81.4 cm³/mol. The van der Waals surface area contributed by atoms with Gasteiger partial charge in [-0.15, -0.1) is 0 Å². The van der Waals surface area contributed by atoms with Crippen LogP contribution in [-0.4, -0.2) is 36.6 Å². The maximum Gasteiger partial charge on any atom is 0.148 e. The number of hydrogen-bond donors (Lipinski definition) is 1. The Balaban J connectivity index is 1.62. The molecule has 0 amide bonds. The lowest BCUT2D eigenvalue weighted by atomic mass is 10.0. The lowest BCUT2D eigenvalue weighted by Gasteiger charge is -2.39. The van der Waals surface area contributed by atoms with Gasteiger partial charge in [0.2, 0.25) is 0 Å². The summed E-state index contributed by atoms with van der Waals surface area (Å²) in [5.41, 5.74) is 6.73. The van der Waals surface area contributed by atoms with Gasteiger partial charge in [0.1, 0.15) is 5.82 Å². The van der Waals surface area contributed by atoms with Crippen LogP contribution >= 0.6 is 0 Å². The van der Waals surface area contributed by atoms with E-state index in [1.807, 2.05) is 6.07 Å².